The van der Waals surface area contributed by atoms with Gasteiger partial charge in [0.1, 0.15) is 91.4 Å². The van der Waals surface area contributed by atoms with Crippen LogP contribution in [-0.2, 0) is 52.3 Å². The van der Waals surface area contributed by atoms with Crippen molar-refractivity contribution in [2.45, 2.75) is 137 Å². The van der Waals surface area contributed by atoms with Crippen LogP contribution in [0.5, 0.6) is 0 Å². The number of rotatable bonds is 12. The molecular weight excluding hydrogens is 755 g/mol. The maximum absolute atomic E-state index is 12.4. The molecule has 13 N–H and O–H groups in total. The third kappa shape index (κ3) is 10.0. The number of nitrogens with one attached hydrogen (secondary N) is 2. The van der Waals surface area contributed by atoms with Gasteiger partial charge in [-0.2, -0.15) is 0 Å². The molecule has 0 saturated carbocycles. The molecule has 0 aromatic heterocycles. The van der Waals surface area contributed by atoms with E-state index in [-0.39, 0.29) is 29.6 Å². The van der Waals surface area contributed by atoms with Crippen molar-refractivity contribution in [3.05, 3.63) is 0 Å². The Kier molecular flexibility index (Phi) is 16.9. The van der Waals surface area contributed by atoms with Crippen molar-refractivity contribution in [2.75, 3.05) is 13.2 Å². The molecule has 4 fully saturated rings. The van der Waals surface area contributed by atoms with Gasteiger partial charge in [-0.15, -0.1) is 0 Å². The quantitative estimate of drug-likeness (QED) is 0.0815. The Labute approximate surface area is 326 Å². The monoisotopic (exact) mass is 798 g/mol. The fraction of sp³-hybridized carbons (Fsp3) is 0.857. The molecule has 20 atom stereocenters. The Morgan fingerprint density at radius 2 is 1.02 bits per heavy atom. The van der Waals surface area contributed by atoms with E-state index >= 15 is 0 Å². The molecule has 0 bridgehead atoms. The van der Waals surface area contributed by atoms with E-state index in [4.69, 9.17) is 33.2 Å². The number of hydrogen-bond acceptors (Lipinski definition) is 22. The standard InChI is InChI=1S/C28H44N2O23.Na/c1-5(33)29-9-18(11(35)7(3-31)47-25(9)46)49-28-17(41)15(39)20(22(53-28)24(44)45)51-26-10(30-6(2)34)19(12(36)8(4-32)48-26)50-27-16(40)13(37)14(38)21(52-27)23(42)43;/h7-22,25-28,31-32,35-41,46H,3-4H2,1-2H3,(H,29,33)(H,30,34)(H,42,43)(H,44,45);/q;+1/p-1/t7-,8-,9-,10-,11-,12-,13+,14?,15-,16-,17-,18-,19?,20+,21+,22?,25?,26+,27+,28-;/m1./s1. The summed E-state index contributed by atoms with van der Waals surface area (Å²) in [7, 11) is 0. The molecule has 26 heteroatoms. The number of amides is 2. The van der Waals surface area contributed by atoms with E-state index in [0.717, 1.165) is 13.8 Å². The summed E-state index contributed by atoms with van der Waals surface area (Å²) in [6.45, 7) is 0.0929. The summed E-state index contributed by atoms with van der Waals surface area (Å²) in [4.78, 5) is 48.0. The SMILES string of the molecule is CC(=O)N[C@@H]1C(O[C@H]2O[C@H](C(=O)[O-])C(O)[C@H](O)[C@H]2O)[C@H](O)[C@@H](CO)O[C@H]1O[C@@H]1C(C(=O)O)O[C@@H](O[C@H]2[C@H](O)[C@@H](CO)OC(O)[C@@H]2NC(C)=O)[C@H](O)[C@H]1O.[Na+]. The van der Waals surface area contributed by atoms with Gasteiger partial charge in [0.2, 0.25) is 11.8 Å². The molecule has 4 saturated heterocycles. The topological polar surface area (TPSA) is 403 Å². The second kappa shape index (κ2) is 19.6. The maximum atomic E-state index is 12.4. The number of aliphatic hydroxyl groups excluding tert-OH is 10. The van der Waals surface area contributed by atoms with E-state index < -0.39 is 160 Å². The minimum atomic E-state index is -2.31. The van der Waals surface area contributed by atoms with Gasteiger partial charge in [0.25, 0.3) is 0 Å². The number of carbonyl (C=O) groups is 4. The average molecular weight is 799 g/mol. The summed E-state index contributed by atoms with van der Waals surface area (Å²) in [5.41, 5.74) is 0. The number of hydrogen-bond donors (Lipinski definition) is 13. The Morgan fingerprint density at radius 1 is 0.574 bits per heavy atom. The van der Waals surface area contributed by atoms with Gasteiger partial charge in [0, 0.05) is 13.8 Å². The van der Waals surface area contributed by atoms with Crippen molar-refractivity contribution in [1.82, 2.24) is 10.6 Å². The van der Waals surface area contributed by atoms with Crippen LogP contribution >= 0.6 is 0 Å². The van der Waals surface area contributed by atoms with E-state index in [0.29, 0.717) is 0 Å². The molecule has 4 aliphatic rings. The number of carboxylic acids is 2. The third-order valence-electron chi connectivity index (χ3n) is 8.93. The van der Waals surface area contributed by atoms with Gasteiger partial charge in [0.05, 0.1) is 19.2 Å². The van der Waals surface area contributed by atoms with Crippen molar-refractivity contribution in [2.24, 2.45) is 0 Å². The first-order chi connectivity index (χ1) is 24.8. The van der Waals surface area contributed by atoms with E-state index in [1.165, 1.54) is 0 Å². The summed E-state index contributed by atoms with van der Waals surface area (Å²) in [5, 5.41) is 131. The Hall–Kier alpha value is -1.80. The number of aliphatic hydroxyl groups is 10. The number of carbonyl (C=O) groups excluding carboxylic acids is 3. The number of aliphatic carboxylic acids is 2. The summed E-state index contributed by atoms with van der Waals surface area (Å²) in [6, 6.07) is -3.40. The molecule has 0 aromatic rings. The second-order valence-electron chi connectivity index (χ2n) is 12.7. The third-order valence-corrected chi connectivity index (χ3v) is 8.93. The molecule has 54 heavy (non-hydrogen) atoms. The van der Waals surface area contributed by atoms with Gasteiger partial charge in [-0.3, -0.25) is 9.59 Å². The minimum absolute atomic E-state index is 0. The van der Waals surface area contributed by atoms with Crippen LogP contribution < -0.4 is 45.3 Å². The largest absolute Gasteiger partial charge is 1.00 e. The molecule has 2 amide bonds. The van der Waals surface area contributed by atoms with Gasteiger partial charge in [-0.25, -0.2) is 4.79 Å². The van der Waals surface area contributed by atoms with Crippen LogP contribution in [0.2, 0.25) is 0 Å². The Morgan fingerprint density at radius 3 is 1.50 bits per heavy atom. The molecule has 0 aliphatic carbocycles. The molecule has 25 nitrogen and oxygen atoms in total. The fourth-order valence-corrected chi connectivity index (χ4v) is 6.29. The van der Waals surface area contributed by atoms with Crippen molar-refractivity contribution in [1.29, 1.82) is 0 Å². The van der Waals surface area contributed by atoms with Crippen molar-refractivity contribution in [3.8, 4) is 0 Å². The van der Waals surface area contributed by atoms with Crippen LogP contribution in [0.25, 0.3) is 0 Å². The molecule has 4 heterocycles. The molecule has 304 valence electrons. The van der Waals surface area contributed by atoms with E-state index in [9.17, 15) is 80.5 Å². The predicted molar refractivity (Wildman–Crippen MR) is 156 cm³/mol. The zero-order chi connectivity index (χ0) is 39.6. The van der Waals surface area contributed by atoms with Crippen LogP contribution in [0.3, 0.4) is 0 Å². The molecule has 0 aromatic carbocycles. The summed E-state index contributed by atoms with van der Waals surface area (Å²) in [6.07, 6.45) is -36.9. The van der Waals surface area contributed by atoms with Crippen LogP contribution in [0.1, 0.15) is 13.8 Å². The Bertz CT molecular complexity index is 1300. The van der Waals surface area contributed by atoms with Gasteiger partial charge in [-0.05, 0) is 0 Å². The predicted octanol–water partition coefficient (Wildman–Crippen LogP) is -13.6. The summed E-state index contributed by atoms with van der Waals surface area (Å²) in [5.74, 6) is -5.55. The van der Waals surface area contributed by atoms with E-state index in [1.54, 1.807) is 0 Å². The molecular formula is C28H43N2NaO23. The second-order valence-corrected chi connectivity index (χ2v) is 12.7. The molecule has 4 rings (SSSR count). The molecule has 0 radical (unpaired) electrons. The fourth-order valence-electron chi connectivity index (χ4n) is 6.29. The molecule has 4 aliphatic heterocycles. The van der Waals surface area contributed by atoms with Crippen LogP contribution in [-0.4, -0.2) is 216 Å². The average Bonchev–Trinajstić information content (AvgIpc) is 3.08. The minimum Gasteiger partial charge on any atom is -0.547 e. The van der Waals surface area contributed by atoms with Crippen LogP contribution in [0.4, 0.5) is 0 Å². The van der Waals surface area contributed by atoms with Crippen molar-refractivity contribution < 1.29 is 143 Å². The first kappa shape index (κ1) is 46.6. The van der Waals surface area contributed by atoms with Gasteiger partial charge >= 0.3 is 35.5 Å². The summed E-state index contributed by atoms with van der Waals surface area (Å²) < 4.78 is 37.9. The van der Waals surface area contributed by atoms with Gasteiger partial charge in [0.15, 0.2) is 31.3 Å². The zero-order valence-corrected chi connectivity index (χ0v) is 30.8. The van der Waals surface area contributed by atoms with Crippen molar-refractivity contribution in [3.63, 3.8) is 0 Å². The zero-order valence-electron chi connectivity index (χ0n) is 28.8. The first-order valence-electron chi connectivity index (χ1n) is 16.0. The normalized spacial score (nSPS) is 45.4. The number of carboxylic acid groups (broad SMARTS) is 2. The van der Waals surface area contributed by atoms with E-state index in [1.807, 2.05) is 0 Å². The van der Waals surface area contributed by atoms with Gasteiger partial charge < -0.3 is 110 Å². The van der Waals surface area contributed by atoms with E-state index in [2.05, 4.69) is 10.6 Å². The summed E-state index contributed by atoms with van der Waals surface area (Å²) >= 11 is 0. The Balaban J connectivity index is 0.00000784. The smallest absolute Gasteiger partial charge is 0.547 e. The van der Waals surface area contributed by atoms with Crippen molar-refractivity contribution >= 4 is 23.8 Å². The first-order valence-corrected chi connectivity index (χ1v) is 16.0. The number of ether oxygens (including phenoxy) is 7. The maximum Gasteiger partial charge on any atom is 1.00 e. The molecule has 0 spiro atoms. The van der Waals surface area contributed by atoms with Crippen LogP contribution in [0.15, 0.2) is 0 Å². The molecule has 4 unspecified atom stereocenters. The van der Waals surface area contributed by atoms with Gasteiger partial charge in [-0.1, -0.05) is 0 Å². The van der Waals surface area contributed by atoms with Crippen LogP contribution in [0, 0.1) is 0 Å².